The molecule has 172 valence electrons. The molecule has 10 heteroatoms. The molecule has 6 nitrogen and oxygen atoms in total. The number of piperidine rings is 1. The molecule has 2 N–H and O–H groups in total. The van der Waals surface area contributed by atoms with Gasteiger partial charge in [-0.3, -0.25) is 4.79 Å². The number of nitrogens with one attached hydrogen (secondary N) is 1. The first-order chi connectivity index (χ1) is 15.2. The zero-order valence-electron chi connectivity index (χ0n) is 17.2. The Bertz CT molecular complexity index is 949. The van der Waals surface area contributed by atoms with E-state index in [-0.39, 0.29) is 30.4 Å². The first-order valence-electron chi connectivity index (χ1n) is 10.5. The number of halogens is 4. The second-order valence-electron chi connectivity index (χ2n) is 8.20. The van der Waals surface area contributed by atoms with E-state index in [9.17, 15) is 23.1 Å². The number of aliphatic hydroxyl groups is 1. The van der Waals surface area contributed by atoms with E-state index in [0.717, 1.165) is 18.9 Å². The molecule has 1 aromatic carbocycles. The van der Waals surface area contributed by atoms with Crippen molar-refractivity contribution < 1.29 is 23.1 Å². The summed E-state index contributed by atoms with van der Waals surface area (Å²) in [5, 5.41) is 14.5. The standard InChI is InChI=1S/C22H24ClF3N4O2/c23-15-6-4-14(5-7-15)21(32)29-10-8-16(9-11-29)27-17-12-30(13-18(17)31)20-3-1-2-19(28-20)22(24,25)26/h1-7,16-18,27,31H,8-13H2/t17-,18-/m1/s1. The van der Waals surface area contributed by atoms with Crippen molar-refractivity contribution in [3.63, 3.8) is 0 Å². The largest absolute Gasteiger partial charge is 0.433 e. The minimum absolute atomic E-state index is 0.0391. The number of aromatic nitrogens is 1. The predicted octanol–water partition coefficient (Wildman–Crippen LogP) is 3.20. The molecule has 0 radical (unpaired) electrons. The number of amides is 1. The number of pyridine rings is 1. The summed E-state index contributed by atoms with van der Waals surface area (Å²) < 4.78 is 38.9. The minimum atomic E-state index is -4.51. The highest BCUT2D eigenvalue weighted by molar-refractivity contribution is 6.30. The molecule has 2 saturated heterocycles. The van der Waals surface area contributed by atoms with Crippen molar-refractivity contribution in [1.82, 2.24) is 15.2 Å². The van der Waals surface area contributed by atoms with Gasteiger partial charge in [0, 0.05) is 42.8 Å². The molecule has 2 atom stereocenters. The molecule has 0 aliphatic carbocycles. The monoisotopic (exact) mass is 468 g/mol. The molecular formula is C22H24ClF3N4O2. The first-order valence-corrected chi connectivity index (χ1v) is 10.9. The van der Waals surface area contributed by atoms with Crippen molar-refractivity contribution in [2.24, 2.45) is 0 Å². The van der Waals surface area contributed by atoms with Crippen molar-refractivity contribution in [1.29, 1.82) is 0 Å². The maximum Gasteiger partial charge on any atom is 0.433 e. The van der Waals surface area contributed by atoms with Gasteiger partial charge in [0.25, 0.3) is 5.91 Å². The number of β-amino-alcohol motifs (C(OH)–C–C–N with tert-alkyl or cyclic N) is 1. The predicted molar refractivity (Wildman–Crippen MR) is 115 cm³/mol. The van der Waals surface area contributed by atoms with Crippen LogP contribution in [0.2, 0.25) is 5.02 Å². The van der Waals surface area contributed by atoms with Gasteiger partial charge in [-0.1, -0.05) is 17.7 Å². The van der Waals surface area contributed by atoms with Crippen LogP contribution in [0.15, 0.2) is 42.5 Å². The smallest absolute Gasteiger partial charge is 0.390 e. The average Bonchev–Trinajstić information content (AvgIpc) is 3.14. The van der Waals surface area contributed by atoms with Crippen LogP contribution < -0.4 is 10.2 Å². The van der Waals surface area contributed by atoms with E-state index in [2.05, 4.69) is 10.3 Å². The molecule has 2 aliphatic rings. The highest BCUT2D eigenvalue weighted by atomic mass is 35.5. The molecule has 2 aliphatic heterocycles. The van der Waals surface area contributed by atoms with Gasteiger partial charge in [-0.25, -0.2) is 4.98 Å². The lowest BCUT2D eigenvalue weighted by Gasteiger charge is -2.34. The Morgan fingerprint density at radius 1 is 1.09 bits per heavy atom. The Morgan fingerprint density at radius 2 is 1.78 bits per heavy atom. The van der Waals surface area contributed by atoms with Crippen molar-refractivity contribution >= 4 is 23.3 Å². The zero-order chi connectivity index (χ0) is 22.9. The fourth-order valence-corrected chi connectivity index (χ4v) is 4.35. The van der Waals surface area contributed by atoms with Crippen LogP contribution >= 0.6 is 11.6 Å². The second-order valence-corrected chi connectivity index (χ2v) is 8.63. The summed E-state index contributed by atoms with van der Waals surface area (Å²) in [5.41, 5.74) is -0.352. The third-order valence-electron chi connectivity index (χ3n) is 5.96. The van der Waals surface area contributed by atoms with Crippen LogP contribution in [0.4, 0.5) is 19.0 Å². The van der Waals surface area contributed by atoms with E-state index in [1.54, 1.807) is 34.1 Å². The van der Waals surface area contributed by atoms with Gasteiger partial charge in [0.1, 0.15) is 11.5 Å². The number of carbonyl (C=O) groups excluding carboxylic acids is 1. The number of carbonyl (C=O) groups is 1. The maximum atomic E-state index is 13.0. The third kappa shape index (κ3) is 5.16. The molecule has 1 amide bonds. The number of nitrogens with zero attached hydrogens (tertiary/aromatic N) is 3. The van der Waals surface area contributed by atoms with E-state index in [1.807, 2.05) is 0 Å². The summed E-state index contributed by atoms with van der Waals surface area (Å²) >= 11 is 5.88. The van der Waals surface area contributed by atoms with E-state index in [1.165, 1.54) is 12.1 Å². The number of rotatable bonds is 4. The number of anilines is 1. The zero-order valence-corrected chi connectivity index (χ0v) is 18.0. The highest BCUT2D eigenvalue weighted by Crippen LogP contribution is 2.30. The Hall–Kier alpha value is -2.36. The van der Waals surface area contributed by atoms with E-state index in [4.69, 9.17) is 11.6 Å². The Balaban J connectivity index is 1.31. The number of hydrogen-bond donors (Lipinski definition) is 2. The SMILES string of the molecule is O=C(c1ccc(Cl)cc1)N1CCC(N[C@@H]2CN(c3cccc(C(F)(F)F)n3)C[C@H]2O)CC1. The molecule has 0 bridgehead atoms. The molecule has 4 rings (SSSR count). The molecule has 0 saturated carbocycles. The number of benzene rings is 1. The average molecular weight is 469 g/mol. The van der Waals surface area contributed by atoms with Gasteiger partial charge in [-0.15, -0.1) is 0 Å². The summed E-state index contributed by atoms with van der Waals surface area (Å²) in [4.78, 5) is 19.8. The highest BCUT2D eigenvalue weighted by Gasteiger charge is 2.37. The fourth-order valence-electron chi connectivity index (χ4n) is 4.22. The fraction of sp³-hybridized carbons (Fsp3) is 0.455. The summed E-state index contributed by atoms with van der Waals surface area (Å²) in [5.74, 6) is 0.161. The van der Waals surface area contributed by atoms with Crippen molar-refractivity contribution in [2.75, 3.05) is 31.1 Å². The van der Waals surface area contributed by atoms with Crippen molar-refractivity contribution in [2.45, 2.75) is 37.2 Å². The lowest BCUT2D eigenvalue weighted by Crippen LogP contribution is -2.50. The van der Waals surface area contributed by atoms with Gasteiger partial charge >= 0.3 is 6.18 Å². The van der Waals surface area contributed by atoms with Crippen LogP contribution in [0.1, 0.15) is 28.9 Å². The van der Waals surface area contributed by atoms with Crippen molar-refractivity contribution in [3.05, 3.63) is 58.7 Å². The lowest BCUT2D eigenvalue weighted by molar-refractivity contribution is -0.141. The van der Waals surface area contributed by atoms with Gasteiger partial charge < -0.3 is 20.2 Å². The maximum absolute atomic E-state index is 13.0. The van der Waals surface area contributed by atoms with Gasteiger partial charge in [-0.2, -0.15) is 13.2 Å². The topological polar surface area (TPSA) is 68.7 Å². The summed E-state index contributed by atoms with van der Waals surface area (Å²) in [6.45, 7) is 1.74. The van der Waals surface area contributed by atoms with Crippen LogP contribution in [-0.4, -0.2) is 65.3 Å². The van der Waals surface area contributed by atoms with Crippen LogP contribution in [0.25, 0.3) is 0 Å². The van der Waals surface area contributed by atoms with Gasteiger partial charge in [0.2, 0.25) is 0 Å². The summed E-state index contributed by atoms with van der Waals surface area (Å²) in [6, 6.07) is 10.4. The molecule has 2 aromatic rings. The number of likely N-dealkylation sites (tertiary alicyclic amines) is 1. The number of alkyl halides is 3. The number of hydrogen-bond acceptors (Lipinski definition) is 5. The molecule has 1 aromatic heterocycles. The van der Waals surface area contributed by atoms with Gasteiger partial charge in [0.05, 0.1) is 12.1 Å². The quantitative estimate of drug-likeness (QED) is 0.721. The van der Waals surface area contributed by atoms with Crippen LogP contribution in [0.3, 0.4) is 0 Å². The summed E-state index contributed by atoms with van der Waals surface area (Å²) in [6.07, 6.45) is -3.78. The van der Waals surface area contributed by atoms with E-state index < -0.39 is 18.0 Å². The molecule has 0 spiro atoms. The lowest BCUT2D eigenvalue weighted by atomic mass is 10.0. The Labute approximate surface area is 189 Å². The first kappa shape index (κ1) is 22.8. The van der Waals surface area contributed by atoms with E-state index >= 15 is 0 Å². The minimum Gasteiger partial charge on any atom is -0.390 e. The third-order valence-corrected chi connectivity index (χ3v) is 6.21. The number of aliphatic hydroxyl groups excluding tert-OH is 1. The normalized spacial score (nSPS) is 22.4. The molecular weight excluding hydrogens is 445 g/mol. The summed E-state index contributed by atoms with van der Waals surface area (Å²) in [7, 11) is 0. The van der Waals surface area contributed by atoms with Crippen LogP contribution in [0, 0.1) is 0 Å². The van der Waals surface area contributed by atoms with Crippen LogP contribution in [0.5, 0.6) is 0 Å². The second kappa shape index (κ2) is 9.25. The van der Waals surface area contributed by atoms with Gasteiger partial charge in [-0.05, 0) is 49.2 Å². The van der Waals surface area contributed by atoms with Crippen molar-refractivity contribution in [3.8, 4) is 0 Å². The Kier molecular flexibility index (Phi) is 6.60. The van der Waals surface area contributed by atoms with Gasteiger partial charge in [0.15, 0.2) is 0 Å². The molecule has 0 unspecified atom stereocenters. The molecule has 2 fully saturated rings. The Morgan fingerprint density at radius 3 is 2.44 bits per heavy atom. The van der Waals surface area contributed by atoms with E-state index in [0.29, 0.717) is 30.2 Å². The molecule has 3 heterocycles. The molecule has 32 heavy (non-hydrogen) atoms. The van der Waals surface area contributed by atoms with Crippen LogP contribution in [-0.2, 0) is 6.18 Å².